The van der Waals surface area contributed by atoms with Crippen molar-refractivity contribution < 1.29 is 9.47 Å². The molecule has 0 N–H and O–H groups in total. The molecule has 1 atom stereocenters. The first-order chi connectivity index (χ1) is 10.2. The van der Waals surface area contributed by atoms with Gasteiger partial charge in [-0.25, -0.2) is 0 Å². The highest BCUT2D eigenvalue weighted by Crippen LogP contribution is 2.40. The fourth-order valence-electron chi connectivity index (χ4n) is 2.35. The summed E-state index contributed by atoms with van der Waals surface area (Å²) in [7, 11) is 3.34. The van der Waals surface area contributed by atoms with Crippen LogP contribution in [0.4, 0.5) is 0 Å². The zero-order chi connectivity index (χ0) is 14.8. The van der Waals surface area contributed by atoms with Crippen LogP contribution >= 0.6 is 27.3 Å². The largest absolute Gasteiger partial charge is 0.497 e. The Bertz CT molecular complexity index is 744. The second-order valence-corrected chi connectivity index (χ2v) is 6.52. The van der Waals surface area contributed by atoms with Gasteiger partial charge in [0.1, 0.15) is 11.5 Å². The van der Waals surface area contributed by atoms with Crippen molar-refractivity contribution in [3.8, 4) is 11.5 Å². The number of fused-ring (bicyclic) bond motifs is 1. The van der Waals surface area contributed by atoms with Crippen LogP contribution in [0.2, 0.25) is 0 Å². The van der Waals surface area contributed by atoms with Gasteiger partial charge in [-0.15, -0.1) is 11.3 Å². The fourth-order valence-corrected chi connectivity index (χ4v) is 4.16. The van der Waals surface area contributed by atoms with Gasteiger partial charge in [0, 0.05) is 10.8 Å². The van der Waals surface area contributed by atoms with Gasteiger partial charge >= 0.3 is 0 Å². The van der Waals surface area contributed by atoms with Crippen LogP contribution in [0.25, 0.3) is 10.1 Å². The summed E-state index contributed by atoms with van der Waals surface area (Å²) in [6, 6.07) is 14.4. The Morgan fingerprint density at radius 3 is 2.33 bits per heavy atom. The predicted octanol–water partition coefficient (Wildman–Crippen LogP) is 5.40. The minimum atomic E-state index is 0.109. The van der Waals surface area contributed by atoms with Gasteiger partial charge in [0.25, 0.3) is 0 Å². The van der Waals surface area contributed by atoms with Gasteiger partial charge in [-0.3, -0.25) is 0 Å². The van der Waals surface area contributed by atoms with Gasteiger partial charge in [0.05, 0.1) is 19.0 Å². The molecule has 1 unspecified atom stereocenters. The highest BCUT2D eigenvalue weighted by Gasteiger charge is 2.16. The predicted molar refractivity (Wildman–Crippen MR) is 92.1 cm³/mol. The number of thiophene rings is 1. The summed E-state index contributed by atoms with van der Waals surface area (Å²) in [4.78, 5) is 0.109. The van der Waals surface area contributed by atoms with Crippen LogP contribution in [0.5, 0.6) is 11.5 Å². The summed E-state index contributed by atoms with van der Waals surface area (Å²) in [6.07, 6.45) is 0. The molecule has 1 aromatic heterocycles. The van der Waals surface area contributed by atoms with Gasteiger partial charge in [0.15, 0.2) is 0 Å². The zero-order valence-corrected chi connectivity index (χ0v) is 14.2. The Balaban J connectivity index is 2.07. The molecule has 0 spiro atoms. The van der Waals surface area contributed by atoms with Crippen molar-refractivity contribution in [1.82, 2.24) is 0 Å². The lowest BCUT2D eigenvalue weighted by molar-refractivity contribution is 0.393. The quantitative estimate of drug-likeness (QED) is 0.578. The number of benzene rings is 2. The Kier molecular flexibility index (Phi) is 4.17. The molecule has 0 fully saturated rings. The molecule has 3 rings (SSSR count). The Morgan fingerprint density at radius 1 is 1.00 bits per heavy atom. The Morgan fingerprint density at radius 2 is 1.67 bits per heavy atom. The molecule has 0 amide bonds. The lowest BCUT2D eigenvalue weighted by atomic mass is 10.0. The van der Waals surface area contributed by atoms with Gasteiger partial charge in [-0.1, -0.05) is 34.1 Å². The summed E-state index contributed by atoms with van der Waals surface area (Å²) in [6.45, 7) is 0. The monoisotopic (exact) mass is 362 g/mol. The molecule has 0 aliphatic rings. The zero-order valence-electron chi connectivity index (χ0n) is 11.8. The summed E-state index contributed by atoms with van der Waals surface area (Å²) in [5, 5.41) is 3.49. The summed E-state index contributed by atoms with van der Waals surface area (Å²) in [5.74, 6) is 1.60. The average Bonchev–Trinajstić information content (AvgIpc) is 2.97. The van der Waals surface area contributed by atoms with Crippen LogP contribution < -0.4 is 9.47 Å². The van der Waals surface area contributed by atoms with E-state index in [-0.39, 0.29) is 4.83 Å². The van der Waals surface area contributed by atoms with E-state index in [2.05, 4.69) is 45.6 Å². The molecule has 3 aromatic rings. The first-order valence-corrected chi connectivity index (χ1v) is 8.35. The molecule has 0 saturated carbocycles. The van der Waals surface area contributed by atoms with Crippen LogP contribution in [0.3, 0.4) is 0 Å². The van der Waals surface area contributed by atoms with E-state index >= 15 is 0 Å². The number of alkyl halides is 1. The second kappa shape index (κ2) is 6.08. The van der Waals surface area contributed by atoms with Crippen LogP contribution in [0, 0.1) is 0 Å². The molecule has 4 heteroatoms. The standard InChI is InChI=1S/C17H15BrO2S/c1-19-12-7-11(8-13(9-12)20-2)17(18)15-10-21-16-6-4-3-5-14(15)16/h3-10,17H,1-2H3. The van der Waals surface area contributed by atoms with Crippen molar-refractivity contribution in [1.29, 1.82) is 0 Å². The highest BCUT2D eigenvalue weighted by atomic mass is 79.9. The van der Waals surface area contributed by atoms with Crippen molar-refractivity contribution in [2.24, 2.45) is 0 Å². The third kappa shape index (κ3) is 2.78. The van der Waals surface area contributed by atoms with E-state index in [0.717, 1.165) is 17.1 Å². The van der Waals surface area contributed by atoms with Crippen molar-refractivity contribution in [2.45, 2.75) is 4.83 Å². The fraction of sp³-hybridized carbons (Fsp3) is 0.176. The van der Waals surface area contributed by atoms with Gasteiger partial charge < -0.3 is 9.47 Å². The number of rotatable bonds is 4. The maximum absolute atomic E-state index is 5.35. The number of ether oxygens (including phenoxy) is 2. The van der Waals surface area contributed by atoms with E-state index in [4.69, 9.17) is 9.47 Å². The normalized spacial score (nSPS) is 12.3. The molecule has 0 radical (unpaired) electrons. The number of hydrogen-bond donors (Lipinski definition) is 0. The van der Waals surface area contributed by atoms with Gasteiger partial charge in [0.2, 0.25) is 0 Å². The molecule has 108 valence electrons. The molecule has 21 heavy (non-hydrogen) atoms. The van der Waals surface area contributed by atoms with E-state index in [1.54, 1.807) is 25.6 Å². The number of halogens is 1. The van der Waals surface area contributed by atoms with Crippen LogP contribution in [-0.2, 0) is 0 Å². The maximum Gasteiger partial charge on any atom is 0.122 e. The molecule has 0 bridgehead atoms. The van der Waals surface area contributed by atoms with E-state index in [0.29, 0.717) is 0 Å². The number of hydrogen-bond acceptors (Lipinski definition) is 3. The molecule has 2 nitrogen and oxygen atoms in total. The summed E-state index contributed by atoms with van der Waals surface area (Å²) in [5.41, 5.74) is 2.39. The van der Waals surface area contributed by atoms with Crippen molar-refractivity contribution >= 4 is 37.4 Å². The molecular weight excluding hydrogens is 348 g/mol. The molecule has 0 aliphatic carbocycles. The highest BCUT2D eigenvalue weighted by molar-refractivity contribution is 9.09. The third-order valence-corrected chi connectivity index (χ3v) is 5.45. The molecule has 1 heterocycles. The summed E-state index contributed by atoms with van der Waals surface area (Å²) < 4.78 is 12.0. The lowest BCUT2D eigenvalue weighted by Gasteiger charge is -2.13. The molecule has 0 saturated heterocycles. The van der Waals surface area contributed by atoms with E-state index < -0.39 is 0 Å². The van der Waals surface area contributed by atoms with Gasteiger partial charge in [-0.05, 0) is 40.1 Å². The summed E-state index contributed by atoms with van der Waals surface area (Å²) >= 11 is 5.58. The van der Waals surface area contributed by atoms with E-state index in [9.17, 15) is 0 Å². The SMILES string of the molecule is COc1cc(OC)cc(C(Br)c2csc3ccccc23)c1. The van der Waals surface area contributed by atoms with Crippen molar-refractivity contribution in [2.75, 3.05) is 14.2 Å². The smallest absolute Gasteiger partial charge is 0.122 e. The van der Waals surface area contributed by atoms with E-state index in [1.807, 2.05) is 18.2 Å². The maximum atomic E-state index is 5.35. The molecule has 2 aromatic carbocycles. The molecule has 0 aliphatic heterocycles. The topological polar surface area (TPSA) is 18.5 Å². The average molecular weight is 363 g/mol. The van der Waals surface area contributed by atoms with E-state index in [1.165, 1.54) is 15.6 Å². The first-order valence-electron chi connectivity index (χ1n) is 6.56. The van der Waals surface area contributed by atoms with Crippen LogP contribution in [0.15, 0.2) is 47.8 Å². The third-order valence-electron chi connectivity index (χ3n) is 3.45. The minimum Gasteiger partial charge on any atom is -0.497 e. The molecular formula is C17H15BrO2S. The minimum absolute atomic E-state index is 0.109. The Hall–Kier alpha value is -1.52. The van der Waals surface area contributed by atoms with Gasteiger partial charge in [-0.2, -0.15) is 0 Å². The van der Waals surface area contributed by atoms with Crippen LogP contribution in [-0.4, -0.2) is 14.2 Å². The van der Waals surface area contributed by atoms with Crippen LogP contribution in [0.1, 0.15) is 16.0 Å². The lowest BCUT2D eigenvalue weighted by Crippen LogP contribution is -1.95. The van der Waals surface area contributed by atoms with Crippen molar-refractivity contribution in [3.63, 3.8) is 0 Å². The first kappa shape index (κ1) is 14.4. The second-order valence-electron chi connectivity index (χ2n) is 4.70. The number of methoxy groups -OCH3 is 2. The Labute approximate surface area is 136 Å². The van der Waals surface area contributed by atoms with Crippen molar-refractivity contribution in [3.05, 3.63) is 59.0 Å².